The van der Waals surface area contributed by atoms with Gasteiger partial charge in [0.05, 0.1) is 12.2 Å². The van der Waals surface area contributed by atoms with E-state index in [4.69, 9.17) is 4.84 Å². The summed E-state index contributed by atoms with van der Waals surface area (Å²) in [5.74, 6) is 0.425. The Hall–Kier alpha value is -1.40. The van der Waals surface area contributed by atoms with Crippen LogP contribution in [0.4, 0.5) is 5.82 Å². The van der Waals surface area contributed by atoms with Crippen LogP contribution in [-0.4, -0.2) is 30.6 Å². The number of carbonyl (C=O) groups excluding carboxylic acids is 1. The first-order valence-electron chi connectivity index (χ1n) is 6.66. The number of piperidine rings is 1. The average molecular weight is 340 g/mol. The van der Waals surface area contributed by atoms with Crippen molar-refractivity contribution in [3.05, 3.63) is 35.0 Å². The van der Waals surface area contributed by atoms with Crippen LogP contribution in [0.15, 0.2) is 29.4 Å². The Morgan fingerprint density at radius 2 is 2.25 bits per heavy atom. The van der Waals surface area contributed by atoms with Gasteiger partial charge in [-0.3, -0.25) is 9.63 Å². The third-order valence-corrected chi connectivity index (χ3v) is 3.53. The van der Waals surface area contributed by atoms with Crippen molar-refractivity contribution < 1.29 is 9.63 Å². The van der Waals surface area contributed by atoms with E-state index >= 15 is 0 Å². The fourth-order valence-corrected chi connectivity index (χ4v) is 2.51. The third-order valence-electron chi connectivity index (χ3n) is 3.10. The number of nitrogens with one attached hydrogen (secondary N) is 1. The number of amides is 1. The van der Waals surface area contributed by atoms with E-state index in [1.54, 1.807) is 18.3 Å². The van der Waals surface area contributed by atoms with E-state index in [0.717, 1.165) is 30.4 Å². The number of nitrogens with zero attached hydrogens (tertiary/aromatic N) is 2. The quantitative estimate of drug-likeness (QED) is 0.509. The molecule has 5 nitrogen and oxygen atoms in total. The molecule has 2 rings (SSSR count). The molecule has 6 heteroatoms. The standard InChI is InChI=1S/C14H18BrN3O2/c1-2-8-20-17-14(19)12-9-11(15)10-16-13(12)18-6-4-3-5-7-18/h2,9-10H,1,3-8H2,(H,17,19). The monoisotopic (exact) mass is 339 g/mol. The normalized spacial score (nSPS) is 14.9. The van der Waals surface area contributed by atoms with Crippen molar-refractivity contribution in [3.63, 3.8) is 0 Å². The fourth-order valence-electron chi connectivity index (χ4n) is 2.18. The molecule has 0 unspecified atom stereocenters. The number of aromatic nitrogens is 1. The molecular weight excluding hydrogens is 322 g/mol. The Kier molecular flexibility index (Phi) is 5.55. The van der Waals surface area contributed by atoms with Crippen LogP contribution in [-0.2, 0) is 4.84 Å². The largest absolute Gasteiger partial charge is 0.356 e. The van der Waals surface area contributed by atoms with Gasteiger partial charge in [-0.1, -0.05) is 6.08 Å². The first-order chi connectivity index (χ1) is 9.72. The number of hydrogen-bond acceptors (Lipinski definition) is 4. The summed E-state index contributed by atoms with van der Waals surface area (Å²) in [7, 11) is 0. The zero-order valence-corrected chi connectivity index (χ0v) is 12.9. The third kappa shape index (κ3) is 3.80. The van der Waals surface area contributed by atoms with E-state index in [1.165, 1.54) is 6.42 Å². The number of hydrogen-bond donors (Lipinski definition) is 1. The van der Waals surface area contributed by atoms with Crippen LogP contribution in [0.1, 0.15) is 29.6 Å². The number of carbonyl (C=O) groups is 1. The first kappa shape index (κ1) is 15.0. The minimum Gasteiger partial charge on any atom is -0.356 e. The number of hydroxylamine groups is 1. The van der Waals surface area contributed by atoms with E-state index < -0.39 is 0 Å². The van der Waals surface area contributed by atoms with Gasteiger partial charge in [-0.15, -0.1) is 6.58 Å². The molecule has 1 aromatic heterocycles. The molecule has 0 bridgehead atoms. The van der Waals surface area contributed by atoms with E-state index in [9.17, 15) is 4.79 Å². The molecule has 1 fully saturated rings. The average Bonchev–Trinajstić information content (AvgIpc) is 2.48. The molecule has 0 atom stereocenters. The molecule has 108 valence electrons. The van der Waals surface area contributed by atoms with Gasteiger partial charge in [0, 0.05) is 23.8 Å². The highest BCUT2D eigenvalue weighted by Crippen LogP contribution is 2.24. The highest BCUT2D eigenvalue weighted by Gasteiger charge is 2.20. The highest BCUT2D eigenvalue weighted by atomic mass is 79.9. The van der Waals surface area contributed by atoms with Gasteiger partial charge in [-0.05, 0) is 41.3 Å². The van der Waals surface area contributed by atoms with E-state index in [2.05, 4.69) is 37.9 Å². The molecular formula is C14H18BrN3O2. The lowest BCUT2D eigenvalue weighted by Crippen LogP contribution is -2.33. The smallest absolute Gasteiger partial charge is 0.278 e. The Morgan fingerprint density at radius 3 is 2.95 bits per heavy atom. The minimum atomic E-state index is -0.291. The Morgan fingerprint density at radius 1 is 1.50 bits per heavy atom. The summed E-state index contributed by atoms with van der Waals surface area (Å²) >= 11 is 3.35. The van der Waals surface area contributed by atoms with Crippen LogP contribution >= 0.6 is 15.9 Å². The van der Waals surface area contributed by atoms with Crippen LogP contribution in [0, 0.1) is 0 Å². The zero-order valence-electron chi connectivity index (χ0n) is 11.3. The van der Waals surface area contributed by atoms with Gasteiger partial charge < -0.3 is 4.90 Å². The van der Waals surface area contributed by atoms with Crippen LogP contribution in [0.2, 0.25) is 0 Å². The Bertz CT molecular complexity index is 487. The summed E-state index contributed by atoms with van der Waals surface area (Å²) in [5, 5.41) is 0. The SMILES string of the molecule is C=CCONC(=O)c1cc(Br)cnc1N1CCCCC1. The molecule has 1 saturated heterocycles. The fraction of sp³-hybridized carbons (Fsp3) is 0.429. The molecule has 1 aromatic rings. The molecule has 1 aliphatic heterocycles. The van der Waals surface area contributed by atoms with Crippen LogP contribution in [0.5, 0.6) is 0 Å². The second-order valence-electron chi connectivity index (χ2n) is 4.60. The molecule has 2 heterocycles. The van der Waals surface area contributed by atoms with Crippen molar-refractivity contribution in [1.82, 2.24) is 10.5 Å². The predicted molar refractivity (Wildman–Crippen MR) is 81.6 cm³/mol. The van der Waals surface area contributed by atoms with Gasteiger partial charge in [-0.2, -0.15) is 0 Å². The van der Waals surface area contributed by atoms with Gasteiger partial charge in [0.1, 0.15) is 5.82 Å². The number of halogens is 1. The number of pyridine rings is 1. The van der Waals surface area contributed by atoms with Gasteiger partial charge in [0.25, 0.3) is 5.91 Å². The molecule has 1 N–H and O–H groups in total. The molecule has 20 heavy (non-hydrogen) atoms. The van der Waals surface area contributed by atoms with E-state index in [-0.39, 0.29) is 12.5 Å². The molecule has 0 aliphatic carbocycles. The van der Waals surface area contributed by atoms with Crippen LogP contribution < -0.4 is 10.4 Å². The van der Waals surface area contributed by atoms with Crippen molar-refractivity contribution >= 4 is 27.7 Å². The number of anilines is 1. The van der Waals surface area contributed by atoms with E-state index in [1.807, 2.05) is 0 Å². The van der Waals surface area contributed by atoms with Gasteiger partial charge in [0.15, 0.2) is 0 Å². The van der Waals surface area contributed by atoms with Gasteiger partial charge in [0.2, 0.25) is 0 Å². The lowest BCUT2D eigenvalue weighted by atomic mass is 10.1. The predicted octanol–water partition coefficient (Wildman–Crippen LogP) is 2.68. The van der Waals surface area contributed by atoms with Crippen molar-refractivity contribution in [2.75, 3.05) is 24.6 Å². The maximum absolute atomic E-state index is 12.2. The summed E-state index contributed by atoms with van der Waals surface area (Å²) in [6, 6.07) is 1.77. The summed E-state index contributed by atoms with van der Waals surface area (Å²) in [4.78, 5) is 23.7. The molecule has 0 radical (unpaired) electrons. The first-order valence-corrected chi connectivity index (χ1v) is 7.45. The second-order valence-corrected chi connectivity index (χ2v) is 5.52. The minimum absolute atomic E-state index is 0.270. The lowest BCUT2D eigenvalue weighted by Gasteiger charge is -2.29. The molecule has 0 aromatic carbocycles. The molecule has 0 spiro atoms. The number of rotatable bonds is 5. The summed E-state index contributed by atoms with van der Waals surface area (Å²) in [6.45, 7) is 5.67. The van der Waals surface area contributed by atoms with Crippen molar-refractivity contribution in [2.45, 2.75) is 19.3 Å². The van der Waals surface area contributed by atoms with Gasteiger partial charge >= 0.3 is 0 Å². The van der Waals surface area contributed by atoms with Crippen molar-refractivity contribution in [2.24, 2.45) is 0 Å². The summed E-state index contributed by atoms with van der Waals surface area (Å²) in [5.41, 5.74) is 2.93. The maximum Gasteiger partial charge on any atom is 0.278 e. The van der Waals surface area contributed by atoms with Crippen LogP contribution in [0.25, 0.3) is 0 Å². The van der Waals surface area contributed by atoms with Crippen molar-refractivity contribution in [1.29, 1.82) is 0 Å². The summed E-state index contributed by atoms with van der Waals surface area (Å²) < 4.78 is 0.770. The summed E-state index contributed by atoms with van der Waals surface area (Å²) in [6.07, 6.45) is 6.78. The molecule has 1 aliphatic rings. The van der Waals surface area contributed by atoms with E-state index in [0.29, 0.717) is 11.4 Å². The lowest BCUT2D eigenvalue weighted by molar-refractivity contribution is 0.0421. The van der Waals surface area contributed by atoms with Gasteiger partial charge in [-0.25, -0.2) is 10.5 Å². The second kappa shape index (κ2) is 7.40. The van der Waals surface area contributed by atoms with Crippen LogP contribution in [0.3, 0.4) is 0 Å². The Balaban J connectivity index is 2.18. The van der Waals surface area contributed by atoms with Crippen molar-refractivity contribution in [3.8, 4) is 0 Å². The highest BCUT2D eigenvalue weighted by molar-refractivity contribution is 9.10. The topological polar surface area (TPSA) is 54.5 Å². The molecule has 1 amide bonds. The zero-order chi connectivity index (χ0) is 14.4. The maximum atomic E-state index is 12.2. The molecule has 0 saturated carbocycles. The Labute approximate surface area is 127 Å².